The van der Waals surface area contributed by atoms with Crippen LogP contribution >= 0.6 is 0 Å². The summed E-state index contributed by atoms with van der Waals surface area (Å²) in [6.07, 6.45) is 0. The molecule has 0 N–H and O–H groups in total. The van der Waals surface area contributed by atoms with Gasteiger partial charge in [-0.25, -0.2) is 0 Å². The Bertz CT molecular complexity index is 945. The number of benzene rings is 4. The molecule has 0 aliphatic rings. The molecule has 0 saturated carbocycles. The Morgan fingerprint density at radius 1 is 0.414 bits per heavy atom. The summed E-state index contributed by atoms with van der Waals surface area (Å²) in [6, 6.07) is 35.5. The van der Waals surface area contributed by atoms with E-state index in [9.17, 15) is 0 Å². The van der Waals surface area contributed by atoms with E-state index >= 15 is 0 Å². The molecule has 0 aliphatic heterocycles. The Balaban J connectivity index is 1.37. The minimum atomic E-state index is 0.521. The highest BCUT2D eigenvalue weighted by atomic mass is 16.5. The lowest BCUT2D eigenvalue weighted by molar-refractivity contribution is 0.303. The van der Waals surface area contributed by atoms with E-state index in [0.29, 0.717) is 13.2 Å². The summed E-state index contributed by atoms with van der Waals surface area (Å²) in [5.41, 5.74) is 2.25. The average Bonchev–Trinajstić information content (AvgIpc) is 2.78. The zero-order valence-electron chi connectivity index (χ0n) is 16.0. The molecule has 4 aromatic carbocycles. The Labute approximate surface area is 171 Å². The Morgan fingerprint density at radius 3 is 1.28 bits per heavy atom. The van der Waals surface area contributed by atoms with E-state index in [4.69, 9.17) is 14.2 Å². The highest BCUT2D eigenvalue weighted by Crippen LogP contribution is 2.28. The van der Waals surface area contributed by atoms with Crippen LogP contribution in [-0.4, -0.2) is 0 Å². The van der Waals surface area contributed by atoms with Gasteiger partial charge in [0.2, 0.25) is 0 Å². The van der Waals surface area contributed by atoms with Gasteiger partial charge in [-0.3, -0.25) is 0 Å². The number of hydrogen-bond donors (Lipinski definition) is 0. The molecule has 3 heteroatoms. The van der Waals surface area contributed by atoms with Crippen LogP contribution in [0.4, 0.5) is 0 Å². The minimum absolute atomic E-state index is 0.521. The van der Waals surface area contributed by atoms with Crippen molar-refractivity contribution in [3.05, 3.63) is 120 Å². The summed E-state index contributed by atoms with van der Waals surface area (Å²) < 4.78 is 17.8. The molecular formula is C26H22O3. The molecule has 0 unspecified atom stereocenters. The summed E-state index contributed by atoms with van der Waals surface area (Å²) in [6.45, 7) is 1.04. The largest absolute Gasteiger partial charge is 0.489 e. The molecule has 0 radical (unpaired) electrons. The van der Waals surface area contributed by atoms with Crippen molar-refractivity contribution < 1.29 is 14.2 Å². The van der Waals surface area contributed by atoms with Gasteiger partial charge in [-0.05, 0) is 35.4 Å². The Hall–Kier alpha value is -3.72. The first kappa shape index (κ1) is 18.6. The van der Waals surface area contributed by atoms with Crippen LogP contribution in [0.3, 0.4) is 0 Å². The van der Waals surface area contributed by atoms with Crippen LogP contribution < -0.4 is 14.2 Å². The minimum Gasteiger partial charge on any atom is -0.489 e. The lowest BCUT2D eigenvalue weighted by atomic mass is 10.2. The van der Waals surface area contributed by atoms with Crippen molar-refractivity contribution in [3.8, 4) is 23.0 Å². The molecule has 3 nitrogen and oxygen atoms in total. The fourth-order valence-electron chi connectivity index (χ4n) is 2.87. The van der Waals surface area contributed by atoms with E-state index in [1.807, 2.05) is 109 Å². The van der Waals surface area contributed by atoms with Crippen molar-refractivity contribution in [2.45, 2.75) is 13.2 Å². The molecule has 29 heavy (non-hydrogen) atoms. The van der Waals surface area contributed by atoms with E-state index in [1.165, 1.54) is 0 Å². The van der Waals surface area contributed by atoms with Crippen molar-refractivity contribution in [2.75, 3.05) is 0 Å². The Morgan fingerprint density at radius 2 is 0.828 bits per heavy atom. The zero-order chi connectivity index (χ0) is 19.7. The first-order chi connectivity index (χ1) is 14.3. The topological polar surface area (TPSA) is 27.7 Å². The maximum Gasteiger partial charge on any atom is 0.131 e. The van der Waals surface area contributed by atoms with Crippen LogP contribution in [0.15, 0.2) is 109 Å². The number of rotatable bonds is 8. The molecule has 4 rings (SSSR count). The van der Waals surface area contributed by atoms with Gasteiger partial charge in [-0.2, -0.15) is 0 Å². The normalized spacial score (nSPS) is 10.3. The van der Waals surface area contributed by atoms with E-state index in [0.717, 1.165) is 34.1 Å². The maximum absolute atomic E-state index is 6.00. The third kappa shape index (κ3) is 5.63. The van der Waals surface area contributed by atoms with Gasteiger partial charge in [-0.1, -0.05) is 72.8 Å². The molecule has 0 aliphatic carbocycles. The Kier molecular flexibility index (Phi) is 6.08. The van der Waals surface area contributed by atoms with Crippen molar-refractivity contribution >= 4 is 0 Å². The molecule has 0 heterocycles. The fraction of sp³-hybridized carbons (Fsp3) is 0.0769. The molecule has 0 saturated heterocycles. The second-order valence-electron chi connectivity index (χ2n) is 6.60. The molecule has 144 valence electrons. The lowest BCUT2D eigenvalue weighted by Gasteiger charge is -2.11. The lowest BCUT2D eigenvalue weighted by Crippen LogP contribution is -1.96. The second-order valence-corrected chi connectivity index (χ2v) is 6.60. The first-order valence-corrected chi connectivity index (χ1v) is 9.57. The van der Waals surface area contributed by atoms with Crippen LogP contribution in [-0.2, 0) is 13.2 Å². The van der Waals surface area contributed by atoms with E-state index < -0.39 is 0 Å². The molecule has 0 bridgehead atoms. The quantitative estimate of drug-likeness (QED) is 0.342. The first-order valence-electron chi connectivity index (χ1n) is 9.57. The number of hydrogen-bond acceptors (Lipinski definition) is 3. The average molecular weight is 382 g/mol. The van der Waals surface area contributed by atoms with Crippen molar-refractivity contribution in [3.63, 3.8) is 0 Å². The molecule has 0 atom stereocenters. The highest BCUT2D eigenvalue weighted by molar-refractivity contribution is 5.39. The van der Waals surface area contributed by atoms with Crippen LogP contribution in [0.5, 0.6) is 23.0 Å². The molecule has 0 fully saturated rings. The van der Waals surface area contributed by atoms with Gasteiger partial charge in [0, 0.05) is 12.1 Å². The second kappa shape index (κ2) is 9.47. The van der Waals surface area contributed by atoms with Gasteiger partial charge in [-0.15, -0.1) is 0 Å². The van der Waals surface area contributed by atoms with Gasteiger partial charge >= 0.3 is 0 Å². The molecule has 0 aromatic heterocycles. The standard InChI is InChI=1S/C26H22O3/c1-3-9-21(10-4-1)19-27-23-13-7-15-25(17-23)29-26-16-8-14-24(18-26)28-20-22-11-5-2-6-12-22/h1-18H,19-20H2. The van der Waals surface area contributed by atoms with Crippen molar-refractivity contribution in [2.24, 2.45) is 0 Å². The summed E-state index contributed by atoms with van der Waals surface area (Å²) in [5, 5.41) is 0. The molecule has 4 aromatic rings. The fourth-order valence-corrected chi connectivity index (χ4v) is 2.87. The molecular weight excluding hydrogens is 360 g/mol. The van der Waals surface area contributed by atoms with Crippen LogP contribution in [0, 0.1) is 0 Å². The van der Waals surface area contributed by atoms with Crippen molar-refractivity contribution in [1.82, 2.24) is 0 Å². The molecule has 0 amide bonds. The summed E-state index contributed by atoms with van der Waals surface area (Å²) in [4.78, 5) is 0. The zero-order valence-corrected chi connectivity index (χ0v) is 16.0. The summed E-state index contributed by atoms with van der Waals surface area (Å²) >= 11 is 0. The predicted molar refractivity (Wildman–Crippen MR) is 115 cm³/mol. The van der Waals surface area contributed by atoms with E-state index in [-0.39, 0.29) is 0 Å². The summed E-state index contributed by atoms with van der Waals surface area (Å²) in [7, 11) is 0. The van der Waals surface area contributed by atoms with E-state index in [2.05, 4.69) is 0 Å². The van der Waals surface area contributed by atoms with E-state index in [1.54, 1.807) is 0 Å². The van der Waals surface area contributed by atoms with Gasteiger partial charge < -0.3 is 14.2 Å². The smallest absolute Gasteiger partial charge is 0.131 e. The van der Waals surface area contributed by atoms with Gasteiger partial charge in [0.25, 0.3) is 0 Å². The van der Waals surface area contributed by atoms with Gasteiger partial charge in [0.05, 0.1) is 0 Å². The highest BCUT2D eigenvalue weighted by Gasteiger charge is 2.03. The third-order valence-corrected chi connectivity index (χ3v) is 4.34. The number of ether oxygens (including phenoxy) is 3. The van der Waals surface area contributed by atoms with Crippen molar-refractivity contribution in [1.29, 1.82) is 0 Å². The molecule has 0 spiro atoms. The predicted octanol–water partition coefficient (Wildman–Crippen LogP) is 6.64. The summed E-state index contributed by atoms with van der Waals surface area (Å²) in [5.74, 6) is 2.97. The third-order valence-electron chi connectivity index (χ3n) is 4.34. The van der Waals surface area contributed by atoms with Gasteiger partial charge in [0.1, 0.15) is 36.2 Å². The van der Waals surface area contributed by atoms with Crippen LogP contribution in [0.1, 0.15) is 11.1 Å². The monoisotopic (exact) mass is 382 g/mol. The van der Waals surface area contributed by atoms with Crippen LogP contribution in [0.2, 0.25) is 0 Å². The van der Waals surface area contributed by atoms with Gasteiger partial charge in [0.15, 0.2) is 0 Å². The SMILES string of the molecule is c1ccc(COc2cccc(Oc3cccc(OCc4ccccc4)c3)c2)cc1. The van der Waals surface area contributed by atoms with Crippen LogP contribution in [0.25, 0.3) is 0 Å². The maximum atomic E-state index is 6.00.